The Hall–Kier alpha value is -1.28. The van der Waals surface area contributed by atoms with Crippen molar-refractivity contribution in [3.05, 3.63) is 29.6 Å². The van der Waals surface area contributed by atoms with Crippen molar-refractivity contribution < 1.29 is 26.9 Å². The molecule has 0 bridgehead atoms. The highest BCUT2D eigenvalue weighted by molar-refractivity contribution is 7.91. The maximum Gasteiger partial charge on any atom is 0.573 e. The zero-order valence-electron chi connectivity index (χ0n) is 11.0. The number of ether oxygens (including phenoxy) is 1. The molecular formula is C12H13F4NO2S. The summed E-state index contributed by atoms with van der Waals surface area (Å²) in [7, 11) is 0. The topological polar surface area (TPSA) is 44.7 Å². The Morgan fingerprint density at radius 2 is 1.85 bits per heavy atom. The van der Waals surface area contributed by atoms with Crippen molar-refractivity contribution >= 4 is 17.6 Å². The Morgan fingerprint density at radius 3 is 2.35 bits per heavy atom. The average Bonchev–Trinajstić information content (AvgIpc) is 2.26. The van der Waals surface area contributed by atoms with Crippen molar-refractivity contribution in [2.45, 2.75) is 31.9 Å². The van der Waals surface area contributed by atoms with Gasteiger partial charge in [0.15, 0.2) is 0 Å². The number of hydrogen-bond acceptors (Lipinski definition) is 3. The zero-order chi connectivity index (χ0) is 15.6. The van der Waals surface area contributed by atoms with E-state index in [0.29, 0.717) is 0 Å². The minimum atomic E-state index is -4.86. The number of nitrogens with zero attached hydrogens (tertiary/aromatic N) is 1. The summed E-state index contributed by atoms with van der Waals surface area (Å²) in [6, 6.07) is 2.51. The smallest absolute Gasteiger partial charge is 0.573 e. The average molecular weight is 311 g/mol. The van der Waals surface area contributed by atoms with Crippen LogP contribution in [0.5, 0.6) is 5.75 Å². The van der Waals surface area contributed by atoms with Gasteiger partial charge >= 0.3 is 6.36 Å². The summed E-state index contributed by atoms with van der Waals surface area (Å²) in [5.41, 5.74) is -0.232. The van der Waals surface area contributed by atoms with Crippen molar-refractivity contribution in [2.75, 3.05) is 0 Å². The first-order valence-electron chi connectivity index (χ1n) is 5.50. The first-order valence-corrected chi connectivity index (χ1v) is 6.61. The molecule has 0 spiro atoms. The SMILES string of the molecule is CC(C)(C)[S+]([O-])/N=C/c1cc(OC(F)(F)F)ccc1F. The molecule has 1 unspecified atom stereocenters. The summed E-state index contributed by atoms with van der Waals surface area (Å²) in [6.45, 7) is 5.00. The van der Waals surface area contributed by atoms with Crippen LogP contribution in [0.4, 0.5) is 17.6 Å². The van der Waals surface area contributed by atoms with Gasteiger partial charge in [-0.15, -0.1) is 13.2 Å². The van der Waals surface area contributed by atoms with Gasteiger partial charge in [0.25, 0.3) is 0 Å². The van der Waals surface area contributed by atoms with Crippen molar-refractivity contribution in [1.82, 2.24) is 0 Å². The second kappa shape index (κ2) is 6.01. The Labute approximate surface area is 117 Å². The molecule has 0 aliphatic heterocycles. The van der Waals surface area contributed by atoms with Crippen LogP contribution in [0.3, 0.4) is 0 Å². The lowest BCUT2D eigenvalue weighted by Crippen LogP contribution is -2.25. The van der Waals surface area contributed by atoms with E-state index in [2.05, 4.69) is 9.13 Å². The summed E-state index contributed by atoms with van der Waals surface area (Å²) in [5.74, 6) is -1.35. The van der Waals surface area contributed by atoms with E-state index < -0.39 is 34.0 Å². The summed E-state index contributed by atoms with van der Waals surface area (Å²) in [6.07, 6.45) is -3.93. The predicted molar refractivity (Wildman–Crippen MR) is 68.6 cm³/mol. The summed E-state index contributed by atoms with van der Waals surface area (Å²) < 4.78 is 67.9. The van der Waals surface area contributed by atoms with Gasteiger partial charge in [-0.25, -0.2) is 4.39 Å². The molecule has 0 heterocycles. The van der Waals surface area contributed by atoms with Crippen LogP contribution >= 0.6 is 0 Å². The fraction of sp³-hybridized carbons (Fsp3) is 0.417. The minimum Gasteiger partial charge on any atom is -0.591 e. The molecule has 1 atom stereocenters. The number of rotatable bonds is 3. The van der Waals surface area contributed by atoms with Crippen molar-refractivity contribution in [1.29, 1.82) is 0 Å². The zero-order valence-corrected chi connectivity index (χ0v) is 11.8. The van der Waals surface area contributed by atoms with Crippen LogP contribution in [0.2, 0.25) is 0 Å². The van der Waals surface area contributed by atoms with E-state index in [9.17, 15) is 22.1 Å². The second-order valence-corrected chi connectivity index (χ2v) is 6.76. The van der Waals surface area contributed by atoms with Crippen LogP contribution in [-0.2, 0) is 11.4 Å². The third kappa shape index (κ3) is 5.38. The third-order valence-electron chi connectivity index (χ3n) is 2.01. The van der Waals surface area contributed by atoms with Gasteiger partial charge in [0.1, 0.15) is 27.7 Å². The van der Waals surface area contributed by atoms with E-state index in [1.54, 1.807) is 20.8 Å². The van der Waals surface area contributed by atoms with Crippen LogP contribution in [-0.4, -0.2) is 21.9 Å². The summed E-state index contributed by atoms with van der Waals surface area (Å²) >= 11 is -1.63. The third-order valence-corrected chi connectivity index (χ3v) is 3.36. The molecule has 0 N–H and O–H groups in total. The van der Waals surface area contributed by atoms with Gasteiger partial charge in [0.2, 0.25) is 0 Å². The van der Waals surface area contributed by atoms with Gasteiger partial charge in [0, 0.05) is 5.56 Å². The molecule has 112 valence electrons. The molecule has 8 heteroatoms. The second-order valence-electron chi connectivity index (χ2n) is 4.83. The lowest BCUT2D eigenvalue weighted by molar-refractivity contribution is -0.274. The van der Waals surface area contributed by atoms with Gasteiger partial charge in [-0.05, 0) is 39.0 Å². The van der Waals surface area contributed by atoms with Crippen LogP contribution in [0.25, 0.3) is 0 Å². The van der Waals surface area contributed by atoms with Crippen molar-refractivity contribution in [3.63, 3.8) is 0 Å². The maximum absolute atomic E-state index is 13.4. The molecule has 3 nitrogen and oxygen atoms in total. The van der Waals surface area contributed by atoms with Gasteiger partial charge in [-0.3, -0.25) is 0 Å². The highest BCUT2D eigenvalue weighted by atomic mass is 32.2. The van der Waals surface area contributed by atoms with E-state index >= 15 is 0 Å². The number of halogens is 4. The molecule has 0 aliphatic rings. The fourth-order valence-electron chi connectivity index (χ4n) is 1.08. The monoisotopic (exact) mass is 311 g/mol. The van der Waals surface area contributed by atoms with Gasteiger partial charge in [-0.2, -0.15) is 0 Å². The molecule has 0 amide bonds. The van der Waals surface area contributed by atoms with Gasteiger partial charge in [0.05, 0.1) is 6.21 Å². The molecule has 0 radical (unpaired) electrons. The normalized spacial score (nSPS) is 14.6. The highest BCUT2D eigenvalue weighted by Crippen LogP contribution is 2.24. The van der Waals surface area contributed by atoms with E-state index in [1.807, 2.05) is 0 Å². The van der Waals surface area contributed by atoms with E-state index in [1.165, 1.54) is 0 Å². The molecule has 20 heavy (non-hydrogen) atoms. The predicted octanol–water partition coefficient (Wildman–Crippen LogP) is 3.61. The molecule has 1 rings (SSSR count). The summed E-state index contributed by atoms with van der Waals surface area (Å²) in [4.78, 5) is 0. The first kappa shape index (κ1) is 16.8. The number of hydrogen-bond donors (Lipinski definition) is 0. The fourth-order valence-corrected chi connectivity index (χ4v) is 1.61. The van der Waals surface area contributed by atoms with Crippen LogP contribution in [0.15, 0.2) is 22.6 Å². The molecule has 0 saturated carbocycles. The van der Waals surface area contributed by atoms with Gasteiger partial charge < -0.3 is 9.29 Å². The van der Waals surface area contributed by atoms with Gasteiger partial charge in [-0.1, -0.05) is 4.40 Å². The lowest BCUT2D eigenvalue weighted by Gasteiger charge is -2.17. The Morgan fingerprint density at radius 1 is 1.25 bits per heavy atom. The van der Waals surface area contributed by atoms with E-state index in [-0.39, 0.29) is 5.56 Å². The Balaban J connectivity index is 2.95. The maximum atomic E-state index is 13.4. The molecule has 0 aromatic heterocycles. The highest BCUT2D eigenvalue weighted by Gasteiger charge is 2.31. The van der Waals surface area contributed by atoms with Crippen LogP contribution in [0.1, 0.15) is 26.3 Å². The largest absolute Gasteiger partial charge is 0.591 e. The van der Waals surface area contributed by atoms with Crippen LogP contribution in [0, 0.1) is 5.82 Å². The molecule has 0 saturated heterocycles. The van der Waals surface area contributed by atoms with Crippen molar-refractivity contribution in [3.8, 4) is 5.75 Å². The molecule has 1 aromatic carbocycles. The standard InChI is InChI=1S/C12H13F4NO2S/c1-11(2,3)20(18)17-7-8-6-9(4-5-10(8)13)19-12(14,15)16/h4-7H,1-3H3/b17-7+. The van der Waals surface area contributed by atoms with Crippen LogP contribution < -0.4 is 4.74 Å². The number of benzene rings is 1. The Bertz CT molecular complexity index is 497. The lowest BCUT2D eigenvalue weighted by atomic mass is 10.2. The van der Waals surface area contributed by atoms with E-state index in [4.69, 9.17) is 0 Å². The molecule has 0 aliphatic carbocycles. The minimum absolute atomic E-state index is 0.232. The van der Waals surface area contributed by atoms with Crippen molar-refractivity contribution in [2.24, 2.45) is 4.40 Å². The summed E-state index contributed by atoms with van der Waals surface area (Å²) in [5, 5.41) is 0. The number of alkyl halides is 3. The van der Waals surface area contributed by atoms with E-state index in [0.717, 1.165) is 24.4 Å². The molecule has 0 fully saturated rings. The molecule has 1 aromatic rings. The Kier molecular flexibility index (Phi) is 5.04. The quantitative estimate of drug-likeness (QED) is 0.486. The first-order chi connectivity index (χ1) is 8.99. The molecular weight excluding hydrogens is 298 g/mol.